The number of aromatic nitrogens is 1. The van der Waals surface area contributed by atoms with Crippen molar-refractivity contribution in [3.05, 3.63) is 27.5 Å². The Labute approximate surface area is 119 Å². The summed E-state index contributed by atoms with van der Waals surface area (Å²) in [6.07, 6.45) is 4.48. The highest BCUT2D eigenvalue weighted by Crippen LogP contribution is 2.18. The fourth-order valence-electron chi connectivity index (χ4n) is 1.31. The number of rotatable bonds is 5. The first-order chi connectivity index (χ1) is 8.08. The molecule has 1 atom stereocenters. The molecule has 17 heavy (non-hydrogen) atoms. The van der Waals surface area contributed by atoms with Crippen molar-refractivity contribution < 1.29 is 4.79 Å². The summed E-state index contributed by atoms with van der Waals surface area (Å²) < 4.78 is 0.741. The summed E-state index contributed by atoms with van der Waals surface area (Å²) >= 11 is 10.9. The van der Waals surface area contributed by atoms with Crippen LogP contribution in [0.15, 0.2) is 16.7 Å². The number of amides is 1. The monoisotopic (exact) mass is 336 g/mol. The minimum absolute atomic E-state index is 0.160. The smallest absolute Gasteiger partial charge is 0.254 e. The summed E-state index contributed by atoms with van der Waals surface area (Å²) in [7, 11) is 0. The Kier molecular flexibility index (Phi) is 6.30. The molecule has 1 heterocycles. The van der Waals surface area contributed by atoms with Crippen LogP contribution in [-0.2, 0) is 0 Å². The number of nitrogens with zero attached hydrogens (tertiary/aromatic N) is 1. The molecule has 1 amide bonds. The maximum atomic E-state index is 12.0. The average molecular weight is 338 g/mol. The van der Waals surface area contributed by atoms with Gasteiger partial charge in [0.15, 0.2) is 0 Å². The molecule has 0 aromatic carbocycles. The number of hydrogen-bond donors (Lipinski definition) is 1. The minimum atomic E-state index is -0.176. The molecule has 0 saturated heterocycles. The predicted molar refractivity (Wildman–Crippen MR) is 76.9 cm³/mol. The number of carbonyl (C=O) groups is 1. The van der Waals surface area contributed by atoms with Crippen LogP contribution in [0, 0.1) is 0 Å². The molecule has 0 aliphatic rings. The van der Waals surface area contributed by atoms with Gasteiger partial charge in [-0.1, -0.05) is 18.5 Å². The summed E-state index contributed by atoms with van der Waals surface area (Å²) in [4.78, 5) is 15.9. The molecule has 0 aliphatic carbocycles. The molecule has 1 unspecified atom stereocenters. The number of carbonyl (C=O) groups excluding carboxylic acids is 1. The zero-order valence-electron chi connectivity index (χ0n) is 9.67. The molecular weight excluding hydrogens is 324 g/mol. The third kappa shape index (κ3) is 4.48. The molecule has 6 heteroatoms. The minimum Gasteiger partial charge on any atom is -0.348 e. The van der Waals surface area contributed by atoms with E-state index in [4.69, 9.17) is 11.6 Å². The highest BCUT2D eigenvalue weighted by Gasteiger charge is 2.15. The molecule has 0 aliphatic heterocycles. The van der Waals surface area contributed by atoms with Crippen molar-refractivity contribution >= 4 is 45.2 Å². The maximum Gasteiger partial charge on any atom is 0.254 e. The molecule has 1 aromatic heterocycles. The van der Waals surface area contributed by atoms with E-state index in [-0.39, 0.29) is 17.1 Å². The normalized spacial score (nSPS) is 12.2. The topological polar surface area (TPSA) is 42.0 Å². The molecular formula is C11H14BrClN2OS. The van der Waals surface area contributed by atoms with Crippen LogP contribution in [0.1, 0.15) is 23.7 Å². The van der Waals surface area contributed by atoms with Crippen LogP contribution >= 0.6 is 39.3 Å². The second kappa shape index (κ2) is 7.24. The Morgan fingerprint density at radius 2 is 2.41 bits per heavy atom. The SMILES string of the molecule is CCC(CSC)NC(=O)c1cc(Br)cnc1Cl. The first kappa shape index (κ1) is 14.8. The molecule has 3 nitrogen and oxygen atoms in total. The van der Waals surface area contributed by atoms with Crippen LogP contribution in [0.2, 0.25) is 5.15 Å². The molecule has 1 rings (SSSR count). The summed E-state index contributed by atoms with van der Waals surface area (Å²) in [6.45, 7) is 2.04. The first-order valence-electron chi connectivity index (χ1n) is 5.19. The molecule has 94 valence electrons. The lowest BCUT2D eigenvalue weighted by atomic mass is 10.2. The quantitative estimate of drug-likeness (QED) is 0.838. The zero-order valence-corrected chi connectivity index (χ0v) is 12.8. The lowest BCUT2D eigenvalue weighted by Gasteiger charge is -2.16. The zero-order chi connectivity index (χ0) is 12.8. The number of hydrogen-bond acceptors (Lipinski definition) is 3. The van der Waals surface area contributed by atoms with Gasteiger partial charge in [-0.3, -0.25) is 4.79 Å². The van der Waals surface area contributed by atoms with Gasteiger partial charge in [0, 0.05) is 22.5 Å². The van der Waals surface area contributed by atoms with Gasteiger partial charge in [0.2, 0.25) is 0 Å². The third-order valence-corrected chi connectivity index (χ3v) is 3.72. The van der Waals surface area contributed by atoms with Gasteiger partial charge >= 0.3 is 0 Å². The van der Waals surface area contributed by atoms with Crippen LogP contribution in [-0.4, -0.2) is 28.9 Å². The van der Waals surface area contributed by atoms with Gasteiger partial charge in [0.05, 0.1) is 5.56 Å². The van der Waals surface area contributed by atoms with E-state index in [1.54, 1.807) is 24.0 Å². The second-order valence-corrected chi connectivity index (χ2v) is 5.71. The van der Waals surface area contributed by atoms with Crippen molar-refractivity contribution in [2.75, 3.05) is 12.0 Å². The largest absolute Gasteiger partial charge is 0.348 e. The molecule has 0 fully saturated rings. The summed E-state index contributed by atoms with van der Waals surface area (Å²) in [5.41, 5.74) is 0.403. The van der Waals surface area contributed by atoms with Crippen molar-refractivity contribution in [3.63, 3.8) is 0 Å². The lowest BCUT2D eigenvalue weighted by molar-refractivity contribution is 0.0940. The molecule has 0 spiro atoms. The van der Waals surface area contributed by atoms with Gasteiger partial charge < -0.3 is 5.32 Å². The van der Waals surface area contributed by atoms with Crippen molar-refractivity contribution in [2.24, 2.45) is 0 Å². The van der Waals surface area contributed by atoms with Crippen molar-refractivity contribution in [1.29, 1.82) is 0 Å². The van der Waals surface area contributed by atoms with Gasteiger partial charge in [-0.15, -0.1) is 0 Å². The lowest BCUT2D eigenvalue weighted by Crippen LogP contribution is -2.36. The molecule has 0 radical (unpaired) electrons. The average Bonchev–Trinajstić information content (AvgIpc) is 2.31. The van der Waals surface area contributed by atoms with Gasteiger partial charge in [-0.05, 0) is 34.7 Å². The molecule has 1 aromatic rings. The second-order valence-electron chi connectivity index (χ2n) is 3.53. The third-order valence-electron chi connectivity index (χ3n) is 2.25. The number of pyridine rings is 1. The van der Waals surface area contributed by atoms with Gasteiger partial charge in [0.1, 0.15) is 5.15 Å². The van der Waals surface area contributed by atoms with Crippen molar-refractivity contribution in [1.82, 2.24) is 10.3 Å². The Balaban J connectivity index is 2.78. The number of halogens is 2. The van der Waals surface area contributed by atoms with Gasteiger partial charge in [-0.2, -0.15) is 11.8 Å². The molecule has 0 bridgehead atoms. The fourth-order valence-corrected chi connectivity index (χ4v) is 2.55. The first-order valence-corrected chi connectivity index (χ1v) is 7.75. The van der Waals surface area contributed by atoms with Crippen molar-refractivity contribution in [3.8, 4) is 0 Å². The van der Waals surface area contributed by atoms with Crippen LogP contribution in [0.5, 0.6) is 0 Å². The van der Waals surface area contributed by atoms with E-state index < -0.39 is 0 Å². The van der Waals surface area contributed by atoms with E-state index >= 15 is 0 Å². The summed E-state index contributed by atoms with van der Waals surface area (Å²) in [6, 6.07) is 1.84. The van der Waals surface area contributed by atoms with Crippen molar-refractivity contribution in [2.45, 2.75) is 19.4 Å². The molecule has 0 saturated carbocycles. The Morgan fingerprint density at radius 3 is 3.00 bits per heavy atom. The standard InChI is InChI=1S/C11H14BrClN2OS/c1-3-8(6-17-2)15-11(16)9-4-7(12)5-14-10(9)13/h4-5,8H,3,6H2,1-2H3,(H,15,16). The van der Waals surface area contributed by atoms with E-state index in [1.807, 2.05) is 13.2 Å². The number of thioether (sulfide) groups is 1. The highest BCUT2D eigenvalue weighted by molar-refractivity contribution is 9.10. The van der Waals surface area contributed by atoms with Crippen LogP contribution in [0.4, 0.5) is 0 Å². The Bertz CT molecular complexity index is 403. The maximum absolute atomic E-state index is 12.0. The predicted octanol–water partition coefficient (Wildman–Crippen LogP) is 3.37. The van der Waals surface area contributed by atoms with E-state index in [0.29, 0.717) is 5.56 Å². The summed E-state index contributed by atoms with van der Waals surface area (Å²) in [5.74, 6) is 0.714. The summed E-state index contributed by atoms with van der Waals surface area (Å²) in [5, 5.41) is 3.17. The van der Waals surface area contributed by atoms with E-state index in [2.05, 4.69) is 26.2 Å². The van der Waals surface area contributed by atoms with Crippen LogP contribution < -0.4 is 5.32 Å². The van der Waals surface area contributed by atoms with Crippen LogP contribution in [0.25, 0.3) is 0 Å². The van der Waals surface area contributed by atoms with Crippen LogP contribution in [0.3, 0.4) is 0 Å². The Hall–Kier alpha value is -0.260. The van der Waals surface area contributed by atoms with Gasteiger partial charge in [-0.25, -0.2) is 4.98 Å². The fraction of sp³-hybridized carbons (Fsp3) is 0.455. The van der Waals surface area contributed by atoms with Gasteiger partial charge in [0.25, 0.3) is 5.91 Å². The van der Waals surface area contributed by atoms with E-state index in [1.165, 1.54) is 0 Å². The van der Waals surface area contributed by atoms with E-state index in [9.17, 15) is 4.79 Å². The number of nitrogens with one attached hydrogen (secondary N) is 1. The highest BCUT2D eigenvalue weighted by atomic mass is 79.9. The Morgan fingerprint density at radius 1 is 1.71 bits per heavy atom. The van der Waals surface area contributed by atoms with E-state index in [0.717, 1.165) is 16.6 Å². The molecule has 1 N–H and O–H groups in total.